The summed E-state index contributed by atoms with van der Waals surface area (Å²) in [5, 5.41) is 12.2. The van der Waals surface area contributed by atoms with Gasteiger partial charge in [0.25, 0.3) is 0 Å². The summed E-state index contributed by atoms with van der Waals surface area (Å²) in [6.45, 7) is 11.3. The molecule has 0 aliphatic carbocycles. The Balaban J connectivity index is 3.93. The summed E-state index contributed by atoms with van der Waals surface area (Å²) in [5.74, 6) is 0.398. The van der Waals surface area contributed by atoms with Crippen molar-refractivity contribution >= 4 is 5.91 Å². The lowest BCUT2D eigenvalue weighted by atomic mass is 9.84. The molecule has 0 bridgehead atoms. The molecule has 0 aromatic carbocycles. The van der Waals surface area contributed by atoms with Crippen LogP contribution in [0.25, 0.3) is 0 Å². The molecule has 1 amide bonds. The second-order valence-corrected chi connectivity index (χ2v) is 6.47. The fourth-order valence-corrected chi connectivity index (χ4v) is 1.85. The van der Waals surface area contributed by atoms with E-state index in [2.05, 4.69) is 39.9 Å². The van der Waals surface area contributed by atoms with Crippen LogP contribution in [0, 0.1) is 17.3 Å². The number of hydrogen-bond donors (Lipinski definition) is 2. The van der Waals surface area contributed by atoms with Gasteiger partial charge in [0.1, 0.15) is 0 Å². The summed E-state index contributed by atoms with van der Waals surface area (Å²) in [5.41, 5.74) is 0.0721. The van der Waals surface area contributed by atoms with Gasteiger partial charge >= 0.3 is 0 Å². The molecule has 102 valence electrons. The maximum absolute atomic E-state index is 11.8. The van der Waals surface area contributed by atoms with Gasteiger partial charge in [0, 0.05) is 6.54 Å². The standard InChI is InChI=1S/C14H29NO2/c1-11(2)7-6-8-15-13(17)12(10-16)9-14(3,4)5/h11-12,16H,6-10H2,1-5H3,(H,15,17)/t12-/m0/s1. The molecule has 0 radical (unpaired) electrons. The zero-order valence-corrected chi connectivity index (χ0v) is 12.0. The topological polar surface area (TPSA) is 49.3 Å². The zero-order chi connectivity index (χ0) is 13.5. The summed E-state index contributed by atoms with van der Waals surface area (Å²) in [6.07, 6.45) is 2.86. The maximum atomic E-state index is 11.8. The van der Waals surface area contributed by atoms with Gasteiger partial charge in [0.15, 0.2) is 0 Å². The lowest BCUT2D eigenvalue weighted by Gasteiger charge is -2.24. The normalized spacial score (nSPS) is 13.8. The van der Waals surface area contributed by atoms with E-state index in [1.54, 1.807) is 0 Å². The highest BCUT2D eigenvalue weighted by Crippen LogP contribution is 2.24. The van der Waals surface area contributed by atoms with E-state index < -0.39 is 0 Å². The van der Waals surface area contributed by atoms with Crippen LogP contribution in [0.2, 0.25) is 0 Å². The van der Waals surface area contributed by atoms with E-state index in [1.165, 1.54) is 0 Å². The van der Waals surface area contributed by atoms with Crippen molar-refractivity contribution in [3.8, 4) is 0 Å². The number of hydrogen-bond acceptors (Lipinski definition) is 2. The smallest absolute Gasteiger partial charge is 0.225 e. The molecule has 0 saturated heterocycles. The van der Waals surface area contributed by atoms with E-state index in [4.69, 9.17) is 0 Å². The van der Waals surface area contributed by atoms with Crippen LogP contribution in [0.3, 0.4) is 0 Å². The molecule has 3 heteroatoms. The first-order valence-corrected chi connectivity index (χ1v) is 6.65. The Morgan fingerprint density at radius 1 is 1.29 bits per heavy atom. The van der Waals surface area contributed by atoms with Crippen LogP contribution in [0.1, 0.15) is 53.9 Å². The van der Waals surface area contributed by atoms with Crippen LogP contribution in [-0.4, -0.2) is 24.2 Å². The number of aliphatic hydroxyl groups excluding tert-OH is 1. The third-order valence-electron chi connectivity index (χ3n) is 2.71. The van der Waals surface area contributed by atoms with Gasteiger partial charge in [-0.15, -0.1) is 0 Å². The van der Waals surface area contributed by atoms with E-state index in [1.807, 2.05) is 0 Å². The Hall–Kier alpha value is -0.570. The molecule has 0 aliphatic heterocycles. The number of amides is 1. The molecule has 0 fully saturated rings. The fourth-order valence-electron chi connectivity index (χ4n) is 1.85. The van der Waals surface area contributed by atoms with Gasteiger partial charge in [0.2, 0.25) is 5.91 Å². The Kier molecular flexibility index (Phi) is 7.44. The molecule has 17 heavy (non-hydrogen) atoms. The molecule has 3 nitrogen and oxygen atoms in total. The molecular formula is C14H29NO2. The van der Waals surface area contributed by atoms with Crippen LogP contribution in [-0.2, 0) is 4.79 Å². The van der Waals surface area contributed by atoms with Crippen molar-refractivity contribution in [2.75, 3.05) is 13.2 Å². The SMILES string of the molecule is CC(C)CCCNC(=O)[C@H](CO)CC(C)(C)C. The van der Waals surface area contributed by atoms with Gasteiger partial charge in [-0.05, 0) is 30.6 Å². The molecule has 1 atom stereocenters. The minimum atomic E-state index is -0.269. The van der Waals surface area contributed by atoms with Crippen LogP contribution < -0.4 is 5.32 Å². The number of aliphatic hydroxyl groups is 1. The van der Waals surface area contributed by atoms with Crippen molar-refractivity contribution in [1.82, 2.24) is 5.32 Å². The van der Waals surface area contributed by atoms with Crippen molar-refractivity contribution in [3.05, 3.63) is 0 Å². The first kappa shape index (κ1) is 16.4. The molecule has 0 aromatic heterocycles. The summed E-state index contributed by atoms with van der Waals surface area (Å²) in [6, 6.07) is 0. The van der Waals surface area contributed by atoms with E-state index >= 15 is 0 Å². The first-order valence-electron chi connectivity index (χ1n) is 6.65. The average molecular weight is 243 g/mol. The van der Waals surface area contributed by atoms with Crippen molar-refractivity contribution in [3.63, 3.8) is 0 Å². The first-order chi connectivity index (χ1) is 7.76. The quantitative estimate of drug-likeness (QED) is 0.675. The maximum Gasteiger partial charge on any atom is 0.225 e. The number of carbonyl (C=O) groups is 1. The molecule has 0 heterocycles. The van der Waals surface area contributed by atoms with Gasteiger partial charge in [-0.3, -0.25) is 4.79 Å². The Bertz CT molecular complexity index is 219. The molecule has 2 N–H and O–H groups in total. The number of rotatable bonds is 7. The van der Waals surface area contributed by atoms with Gasteiger partial charge in [0.05, 0.1) is 12.5 Å². The van der Waals surface area contributed by atoms with Gasteiger partial charge in [-0.2, -0.15) is 0 Å². The largest absolute Gasteiger partial charge is 0.396 e. The minimum absolute atomic E-state index is 0.00817. The molecule has 0 saturated carbocycles. The zero-order valence-electron chi connectivity index (χ0n) is 12.0. The van der Waals surface area contributed by atoms with Crippen molar-refractivity contribution < 1.29 is 9.90 Å². The third-order valence-corrected chi connectivity index (χ3v) is 2.71. The molecular weight excluding hydrogens is 214 g/mol. The second-order valence-electron chi connectivity index (χ2n) is 6.47. The van der Waals surface area contributed by atoms with Crippen LogP contribution >= 0.6 is 0 Å². The monoisotopic (exact) mass is 243 g/mol. The molecule has 0 spiro atoms. The summed E-state index contributed by atoms with van der Waals surface area (Å²) in [4.78, 5) is 11.8. The van der Waals surface area contributed by atoms with Crippen LogP contribution in [0.4, 0.5) is 0 Å². The van der Waals surface area contributed by atoms with Gasteiger partial charge in [-0.1, -0.05) is 34.6 Å². The summed E-state index contributed by atoms with van der Waals surface area (Å²) < 4.78 is 0. The minimum Gasteiger partial charge on any atom is -0.396 e. The Labute approximate surface area is 106 Å². The van der Waals surface area contributed by atoms with Crippen molar-refractivity contribution in [1.29, 1.82) is 0 Å². The Morgan fingerprint density at radius 3 is 2.29 bits per heavy atom. The summed E-state index contributed by atoms with van der Waals surface area (Å²) >= 11 is 0. The van der Waals surface area contributed by atoms with E-state index in [9.17, 15) is 9.90 Å². The highest BCUT2D eigenvalue weighted by molar-refractivity contribution is 5.78. The van der Waals surface area contributed by atoms with Crippen molar-refractivity contribution in [2.24, 2.45) is 17.3 Å². The number of nitrogens with one attached hydrogen (secondary N) is 1. The van der Waals surface area contributed by atoms with E-state index in [-0.39, 0.29) is 23.8 Å². The van der Waals surface area contributed by atoms with Crippen molar-refractivity contribution in [2.45, 2.75) is 53.9 Å². The molecule has 0 aliphatic rings. The molecule has 0 rings (SSSR count). The lowest BCUT2D eigenvalue weighted by molar-refractivity contribution is -0.127. The van der Waals surface area contributed by atoms with E-state index in [0.717, 1.165) is 25.8 Å². The fraction of sp³-hybridized carbons (Fsp3) is 0.929. The highest BCUT2D eigenvalue weighted by Gasteiger charge is 2.23. The van der Waals surface area contributed by atoms with Crippen LogP contribution in [0.15, 0.2) is 0 Å². The Morgan fingerprint density at radius 2 is 1.88 bits per heavy atom. The summed E-state index contributed by atoms with van der Waals surface area (Å²) in [7, 11) is 0. The van der Waals surface area contributed by atoms with Crippen LogP contribution in [0.5, 0.6) is 0 Å². The third kappa shape index (κ3) is 9.16. The second kappa shape index (κ2) is 7.70. The average Bonchev–Trinajstić information content (AvgIpc) is 2.19. The highest BCUT2D eigenvalue weighted by atomic mass is 16.3. The van der Waals surface area contributed by atoms with Gasteiger partial charge in [-0.25, -0.2) is 0 Å². The molecule has 0 unspecified atom stereocenters. The predicted molar refractivity (Wildman–Crippen MR) is 71.7 cm³/mol. The predicted octanol–water partition coefficient (Wildman–Crippen LogP) is 2.58. The van der Waals surface area contributed by atoms with E-state index in [0.29, 0.717) is 5.92 Å². The lowest BCUT2D eigenvalue weighted by Crippen LogP contribution is -2.35. The molecule has 0 aromatic rings. The number of carbonyl (C=O) groups excluding carboxylic acids is 1. The van der Waals surface area contributed by atoms with Gasteiger partial charge < -0.3 is 10.4 Å².